The fourth-order valence-electron chi connectivity index (χ4n) is 2.27. The Labute approximate surface area is 104 Å². The van der Waals surface area contributed by atoms with Crippen LogP contribution in [-0.2, 0) is 17.7 Å². The number of fused-ring (bicyclic) bond motifs is 1. The molecule has 1 aliphatic rings. The van der Waals surface area contributed by atoms with Crippen LogP contribution >= 0.6 is 0 Å². The van der Waals surface area contributed by atoms with Gasteiger partial charge in [0.15, 0.2) is 0 Å². The lowest BCUT2D eigenvalue weighted by Crippen LogP contribution is -2.33. The highest BCUT2D eigenvalue weighted by Crippen LogP contribution is 2.20. The molecule has 0 aliphatic carbocycles. The molecule has 0 radical (unpaired) electrons. The smallest absolute Gasteiger partial charge is 0.0593 e. The highest BCUT2D eigenvalue weighted by atomic mass is 16.5. The molecular formula is C14H22N2O. The number of hydrogen-bond acceptors (Lipinski definition) is 3. The van der Waals surface area contributed by atoms with Crippen LogP contribution in [0.5, 0.6) is 0 Å². The zero-order chi connectivity index (χ0) is 12.1. The van der Waals surface area contributed by atoms with Crippen molar-refractivity contribution in [3.05, 3.63) is 29.3 Å². The molecular weight excluding hydrogens is 212 g/mol. The predicted molar refractivity (Wildman–Crippen MR) is 70.9 cm³/mol. The van der Waals surface area contributed by atoms with Crippen molar-refractivity contribution in [3.8, 4) is 0 Å². The minimum absolute atomic E-state index is 0.839. The molecule has 94 valence electrons. The van der Waals surface area contributed by atoms with E-state index in [9.17, 15) is 0 Å². The van der Waals surface area contributed by atoms with Crippen LogP contribution in [0.15, 0.2) is 18.2 Å². The molecule has 0 atom stereocenters. The van der Waals surface area contributed by atoms with Gasteiger partial charge in [-0.15, -0.1) is 0 Å². The molecule has 0 bridgehead atoms. The van der Waals surface area contributed by atoms with Crippen LogP contribution in [0.2, 0.25) is 0 Å². The van der Waals surface area contributed by atoms with E-state index in [0.29, 0.717) is 0 Å². The third-order valence-corrected chi connectivity index (χ3v) is 3.22. The molecule has 0 saturated heterocycles. The number of rotatable bonds is 5. The van der Waals surface area contributed by atoms with Crippen LogP contribution in [-0.4, -0.2) is 31.2 Å². The van der Waals surface area contributed by atoms with Gasteiger partial charge >= 0.3 is 0 Å². The van der Waals surface area contributed by atoms with E-state index in [1.807, 2.05) is 6.07 Å². The topological polar surface area (TPSA) is 38.5 Å². The monoisotopic (exact) mass is 234 g/mol. The largest absolute Gasteiger partial charge is 0.399 e. The Morgan fingerprint density at radius 1 is 1.29 bits per heavy atom. The van der Waals surface area contributed by atoms with Crippen LogP contribution in [0.4, 0.5) is 5.69 Å². The summed E-state index contributed by atoms with van der Waals surface area (Å²) in [6, 6.07) is 6.27. The summed E-state index contributed by atoms with van der Waals surface area (Å²) in [5, 5.41) is 0. The van der Waals surface area contributed by atoms with Gasteiger partial charge in [-0.1, -0.05) is 13.0 Å². The van der Waals surface area contributed by atoms with Crippen molar-refractivity contribution in [1.29, 1.82) is 0 Å². The molecule has 1 aliphatic heterocycles. The highest BCUT2D eigenvalue weighted by Gasteiger charge is 2.15. The summed E-state index contributed by atoms with van der Waals surface area (Å²) in [6.45, 7) is 7.01. The van der Waals surface area contributed by atoms with E-state index in [-0.39, 0.29) is 0 Å². The van der Waals surface area contributed by atoms with Crippen LogP contribution in [0.1, 0.15) is 24.5 Å². The molecule has 0 saturated carbocycles. The molecule has 0 unspecified atom stereocenters. The van der Waals surface area contributed by atoms with E-state index >= 15 is 0 Å². The van der Waals surface area contributed by atoms with Crippen LogP contribution in [0, 0.1) is 0 Å². The van der Waals surface area contributed by atoms with E-state index in [1.165, 1.54) is 11.1 Å². The Hall–Kier alpha value is -1.06. The van der Waals surface area contributed by atoms with Crippen LogP contribution in [0.25, 0.3) is 0 Å². The van der Waals surface area contributed by atoms with Gasteiger partial charge in [0, 0.05) is 31.9 Å². The lowest BCUT2D eigenvalue weighted by molar-refractivity contribution is 0.0996. The molecule has 3 nitrogen and oxygen atoms in total. The predicted octanol–water partition coefficient (Wildman–Crippen LogP) is 2.05. The van der Waals surface area contributed by atoms with Crippen molar-refractivity contribution in [2.24, 2.45) is 0 Å². The highest BCUT2D eigenvalue weighted by molar-refractivity contribution is 5.45. The van der Waals surface area contributed by atoms with Crippen molar-refractivity contribution in [2.75, 3.05) is 32.0 Å². The van der Waals surface area contributed by atoms with Gasteiger partial charge in [0.2, 0.25) is 0 Å². The molecule has 1 heterocycles. The summed E-state index contributed by atoms with van der Waals surface area (Å²) in [4.78, 5) is 2.44. The molecule has 2 N–H and O–H groups in total. The molecule has 0 fully saturated rings. The average molecular weight is 234 g/mol. The molecule has 1 aromatic rings. The third-order valence-electron chi connectivity index (χ3n) is 3.22. The van der Waals surface area contributed by atoms with Gasteiger partial charge in [-0.05, 0) is 36.1 Å². The van der Waals surface area contributed by atoms with Crippen molar-refractivity contribution in [2.45, 2.75) is 26.3 Å². The Bertz CT molecular complexity index is 365. The second kappa shape index (κ2) is 6.03. The standard InChI is InChI=1S/C14H22N2O/c1-2-8-17-9-7-16-6-5-12-3-4-14(15)10-13(12)11-16/h3-4,10H,2,5-9,11,15H2,1H3. The van der Waals surface area contributed by atoms with Gasteiger partial charge in [-0.25, -0.2) is 0 Å². The summed E-state index contributed by atoms with van der Waals surface area (Å²) in [5.74, 6) is 0. The molecule has 3 heteroatoms. The van der Waals surface area contributed by atoms with Crippen LogP contribution in [0.3, 0.4) is 0 Å². The molecule has 0 aromatic heterocycles. The number of anilines is 1. The normalized spacial score (nSPS) is 15.8. The van der Waals surface area contributed by atoms with Crippen molar-refractivity contribution in [1.82, 2.24) is 4.90 Å². The molecule has 2 rings (SSSR count). The average Bonchev–Trinajstić information content (AvgIpc) is 2.34. The van der Waals surface area contributed by atoms with E-state index in [1.54, 1.807) is 0 Å². The van der Waals surface area contributed by atoms with Crippen LogP contribution < -0.4 is 5.73 Å². The second-order valence-corrected chi connectivity index (χ2v) is 4.67. The number of hydrogen-bond donors (Lipinski definition) is 1. The Morgan fingerprint density at radius 3 is 3.00 bits per heavy atom. The molecule has 0 spiro atoms. The van der Waals surface area contributed by atoms with Gasteiger partial charge < -0.3 is 10.5 Å². The van der Waals surface area contributed by atoms with Gasteiger partial charge in [0.25, 0.3) is 0 Å². The zero-order valence-corrected chi connectivity index (χ0v) is 10.6. The van der Waals surface area contributed by atoms with E-state index in [0.717, 1.165) is 51.4 Å². The van der Waals surface area contributed by atoms with Gasteiger partial charge in [0.05, 0.1) is 6.61 Å². The summed E-state index contributed by atoms with van der Waals surface area (Å²) in [6.07, 6.45) is 2.22. The fourth-order valence-corrected chi connectivity index (χ4v) is 2.27. The Balaban J connectivity index is 1.85. The summed E-state index contributed by atoms with van der Waals surface area (Å²) < 4.78 is 5.53. The third kappa shape index (κ3) is 3.45. The SMILES string of the molecule is CCCOCCN1CCc2ccc(N)cc2C1. The lowest BCUT2D eigenvalue weighted by atomic mass is 9.99. The number of nitrogens with zero attached hydrogens (tertiary/aromatic N) is 1. The number of benzene rings is 1. The number of nitrogens with two attached hydrogens (primary N) is 1. The first-order valence-corrected chi connectivity index (χ1v) is 6.47. The first-order chi connectivity index (χ1) is 8.29. The molecule has 0 amide bonds. The molecule has 17 heavy (non-hydrogen) atoms. The summed E-state index contributed by atoms with van der Waals surface area (Å²) in [5.41, 5.74) is 9.52. The van der Waals surface area contributed by atoms with Gasteiger partial charge in [-0.2, -0.15) is 0 Å². The maximum atomic E-state index is 5.82. The summed E-state index contributed by atoms with van der Waals surface area (Å²) >= 11 is 0. The van der Waals surface area contributed by atoms with E-state index in [4.69, 9.17) is 10.5 Å². The fraction of sp³-hybridized carbons (Fsp3) is 0.571. The van der Waals surface area contributed by atoms with Crippen molar-refractivity contribution < 1.29 is 4.74 Å². The van der Waals surface area contributed by atoms with E-state index < -0.39 is 0 Å². The first-order valence-electron chi connectivity index (χ1n) is 6.47. The quantitative estimate of drug-likeness (QED) is 0.626. The number of nitrogen functional groups attached to an aromatic ring is 1. The van der Waals surface area contributed by atoms with Gasteiger partial charge in [0.1, 0.15) is 0 Å². The second-order valence-electron chi connectivity index (χ2n) is 4.67. The Morgan fingerprint density at radius 2 is 2.18 bits per heavy atom. The van der Waals surface area contributed by atoms with Crippen molar-refractivity contribution >= 4 is 5.69 Å². The maximum absolute atomic E-state index is 5.82. The van der Waals surface area contributed by atoms with Gasteiger partial charge in [-0.3, -0.25) is 4.90 Å². The van der Waals surface area contributed by atoms with E-state index in [2.05, 4.69) is 24.0 Å². The molecule has 1 aromatic carbocycles. The number of ether oxygens (including phenoxy) is 1. The minimum Gasteiger partial charge on any atom is -0.399 e. The Kier molecular flexibility index (Phi) is 4.40. The summed E-state index contributed by atoms with van der Waals surface area (Å²) in [7, 11) is 0. The minimum atomic E-state index is 0.839. The van der Waals surface area contributed by atoms with Crippen molar-refractivity contribution in [3.63, 3.8) is 0 Å². The maximum Gasteiger partial charge on any atom is 0.0593 e. The zero-order valence-electron chi connectivity index (χ0n) is 10.6. The first kappa shape index (κ1) is 12.4. The lowest BCUT2D eigenvalue weighted by Gasteiger charge is -2.28.